The molecular weight excluding hydrogens is 393 g/mol. The highest BCUT2D eigenvalue weighted by Gasteiger charge is 2.23. The first-order chi connectivity index (χ1) is 13.8. The minimum Gasteiger partial charge on any atom is -0.325 e. The van der Waals surface area contributed by atoms with Crippen LogP contribution in [0.4, 0.5) is 10.1 Å². The van der Waals surface area contributed by atoms with E-state index in [0.717, 1.165) is 31.2 Å². The van der Waals surface area contributed by atoms with E-state index >= 15 is 0 Å². The van der Waals surface area contributed by atoms with Crippen LogP contribution in [0.3, 0.4) is 0 Å². The topological polar surface area (TPSA) is 92.5 Å². The minimum atomic E-state index is -3.77. The van der Waals surface area contributed by atoms with Gasteiger partial charge in [0.25, 0.3) is 0 Å². The molecule has 1 aliphatic carbocycles. The number of carbonyl (C=O) groups is 1. The van der Waals surface area contributed by atoms with E-state index in [-0.39, 0.29) is 23.2 Å². The lowest BCUT2D eigenvalue weighted by atomic mass is 9.93. The number of anilines is 1. The molecule has 0 unspecified atom stereocenters. The number of rotatable bonds is 7. The van der Waals surface area contributed by atoms with Crippen molar-refractivity contribution in [2.45, 2.75) is 49.6 Å². The van der Waals surface area contributed by atoms with Crippen LogP contribution in [0.25, 0.3) is 0 Å². The summed E-state index contributed by atoms with van der Waals surface area (Å²) in [4.78, 5) is 14.8. The number of nitrogens with two attached hydrogens (primary N) is 1. The number of carbonyl (C=O) groups excluding carboxylic acids is 1. The first-order valence-electron chi connectivity index (χ1n) is 9.72. The highest BCUT2D eigenvalue weighted by molar-refractivity contribution is 7.89. The molecule has 0 heterocycles. The van der Waals surface area contributed by atoms with Gasteiger partial charge in [0, 0.05) is 18.3 Å². The van der Waals surface area contributed by atoms with E-state index in [0.29, 0.717) is 18.3 Å². The van der Waals surface area contributed by atoms with Gasteiger partial charge in [0.15, 0.2) is 0 Å². The maximum absolute atomic E-state index is 13.2. The molecule has 0 atom stereocenters. The van der Waals surface area contributed by atoms with Crippen molar-refractivity contribution in [1.29, 1.82) is 0 Å². The molecule has 0 bridgehead atoms. The number of primary sulfonamides is 1. The maximum Gasteiger partial charge on any atom is 0.238 e. The smallest absolute Gasteiger partial charge is 0.238 e. The van der Waals surface area contributed by atoms with Gasteiger partial charge in [-0.3, -0.25) is 9.69 Å². The summed E-state index contributed by atoms with van der Waals surface area (Å²) in [6, 6.07) is 12.4. The van der Waals surface area contributed by atoms with Gasteiger partial charge in [-0.15, -0.1) is 0 Å². The molecule has 0 aliphatic heterocycles. The highest BCUT2D eigenvalue weighted by atomic mass is 32.2. The number of nitrogens with zero attached hydrogens (tertiary/aromatic N) is 1. The van der Waals surface area contributed by atoms with Crippen molar-refractivity contribution < 1.29 is 17.6 Å². The summed E-state index contributed by atoms with van der Waals surface area (Å²) in [6.07, 6.45) is 5.57. The molecule has 1 amide bonds. The molecule has 29 heavy (non-hydrogen) atoms. The van der Waals surface area contributed by atoms with E-state index in [2.05, 4.69) is 10.2 Å². The fourth-order valence-corrected chi connectivity index (χ4v) is 4.21. The lowest BCUT2D eigenvalue weighted by Crippen LogP contribution is -2.41. The van der Waals surface area contributed by atoms with Crippen LogP contribution in [-0.4, -0.2) is 31.8 Å². The van der Waals surface area contributed by atoms with Crippen molar-refractivity contribution >= 4 is 21.6 Å². The van der Waals surface area contributed by atoms with Crippen molar-refractivity contribution in [1.82, 2.24) is 4.90 Å². The van der Waals surface area contributed by atoms with Crippen LogP contribution in [0.2, 0.25) is 0 Å². The molecule has 0 aromatic heterocycles. The first-order valence-corrected chi connectivity index (χ1v) is 11.3. The lowest BCUT2D eigenvalue weighted by molar-refractivity contribution is -0.118. The molecule has 0 saturated heterocycles. The number of benzene rings is 2. The molecule has 1 saturated carbocycles. The molecule has 0 spiro atoms. The van der Waals surface area contributed by atoms with Crippen molar-refractivity contribution in [2.75, 3.05) is 11.9 Å². The van der Waals surface area contributed by atoms with Gasteiger partial charge in [-0.1, -0.05) is 31.4 Å². The molecule has 2 aromatic rings. The van der Waals surface area contributed by atoms with E-state index in [9.17, 15) is 17.6 Å². The van der Waals surface area contributed by atoms with E-state index in [1.165, 1.54) is 42.8 Å². The van der Waals surface area contributed by atoms with Crippen molar-refractivity contribution in [2.24, 2.45) is 5.14 Å². The maximum atomic E-state index is 13.2. The molecule has 1 aliphatic rings. The van der Waals surface area contributed by atoms with Gasteiger partial charge in [0.2, 0.25) is 15.9 Å². The molecule has 8 heteroatoms. The molecular formula is C21H26FN3O3S. The third kappa shape index (κ3) is 6.35. The second-order valence-electron chi connectivity index (χ2n) is 7.44. The van der Waals surface area contributed by atoms with Crippen molar-refractivity contribution in [3.05, 3.63) is 59.9 Å². The van der Waals surface area contributed by atoms with Crippen LogP contribution in [-0.2, 0) is 21.4 Å². The zero-order chi connectivity index (χ0) is 20.9. The second kappa shape index (κ2) is 9.47. The van der Waals surface area contributed by atoms with Gasteiger partial charge in [-0.05, 0) is 54.8 Å². The van der Waals surface area contributed by atoms with Gasteiger partial charge in [0.1, 0.15) is 5.82 Å². The largest absolute Gasteiger partial charge is 0.325 e. The Morgan fingerprint density at radius 3 is 2.24 bits per heavy atom. The molecule has 3 rings (SSSR count). The molecule has 0 radical (unpaired) electrons. The summed E-state index contributed by atoms with van der Waals surface area (Å²) in [5, 5.41) is 7.90. The SMILES string of the molecule is NS(=O)(=O)c1ccc(NC(=O)CN(Cc2ccc(F)cc2)C2CCCCC2)cc1. The summed E-state index contributed by atoms with van der Waals surface area (Å²) in [5.41, 5.74) is 1.47. The monoisotopic (exact) mass is 419 g/mol. The van der Waals surface area contributed by atoms with Gasteiger partial charge in [0.05, 0.1) is 11.4 Å². The van der Waals surface area contributed by atoms with Crippen LogP contribution >= 0.6 is 0 Å². The molecule has 6 nitrogen and oxygen atoms in total. The second-order valence-corrected chi connectivity index (χ2v) is 9.00. The zero-order valence-electron chi connectivity index (χ0n) is 16.2. The zero-order valence-corrected chi connectivity index (χ0v) is 17.0. The Bertz CT molecular complexity index is 925. The average Bonchev–Trinajstić information content (AvgIpc) is 2.69. The Balaban J connectivity index is 1.67. The van der Waals surface area contributed by atoms with Crippen LogP contribution in [0.5, 0.6) is 0 Å². The number of hydrogen-bond donors (Lipinski definition) is 2. The number of sulfonamides is 1. The fraction of sp³-hybridized carbons (Fsp3) is 0.381. The predicted molar refractivity (Wildman–Crippen MR) is 110 cm³/mol. The van der Waals surface area contributed by atoms with Crippen molar-refractivity contribution in [3.8, 4) is 0 Å². The normalized spacial score (nSPS) is 15.4. The van der Waals surface area contributed by atoms with Crippen LogP contribution in [0, 0.1) is 5.82 Å². The van der Waals surface area contributed by atoms with Crippen LogP contribution in [0.1, 0.15) is 37.7 Å². The van der Waals surface area contributed by atoms with Crippen molar-refractivity contribution in [3.63, 3.8) is 0 Å². The van der Waals surface area contributed by atoms with Gasteiger partial charge in [-0.25, -0.2) is 17.9 Å². The lowest BCUT2D eigenvalue weighted by Gasteiger charge is -2.34. The Kier molecular flexibility index (Phi) is 7.00. The minimum absolute atomic E-state index is 0.00404. The number of hydrogen-bond acceptors (Lipinski definition) is 4. The van der Waals surface area contributed by atoms with Gasteiger partial charge < -0.3 is 5.32 Å². The molecule has 3 N–H and O–H groups in total. The molecule has 2 aromatic carbocycles. The summed E-state index contributed by atoms with van der Waals surface area (Å²) in [6.45, 7) is 0.779. The Morgan fingerprint density at radius 1 is 1.03 bits per heavy atom. The number of amides is 1. The van der Waals surface area contributed by atoms with E-state index in [1.807, 2.05) is 0 Å². The Morgan fingerprint density at radius 2 is 1.66 bits per heavy atom. The van der Waals surface area contributed by atoms with Gasteiger partial charge >= 0.3 is 0 Å². The number of nitrogens with one attached hydrogen (secondary N) is 1. The summed E-state index contributed by atoms with van der Waals surface area (Å²) in [5.74, 6) is -0.459. The van der Waals surface area contributed by atoms with E-state index in [4.69, 9.17) is 5.14 Å². The average molecular weight is 420 g/mol. The third-order valence-corrected chi connectivity index (χ3v) is 6.13. The predicted octanol–water partition coefficient (Wildman–Crippen LogP) is 3.25. The van der Waals surface area contributed by atoms with Crippen LogP contribution in [0.15, 0.2) is 53.4 Å². The Hall–Kier alpha value is -2.29. The quantitative estimate of drug-likeness (QED) is 0.721. The third-order valence-electron chi connectivity index (χ3n) is 5.20. The van der Waals surface area contributed by atoms with Gasteiger partial charge in [-0.2, -0.15) is 0 Å². The highest BCUT2D eigenvalue weighted by Crippen LogP contribution is 2.24. The van der Waals surface area contributed by atoms with E-state index < -0.39 is 10.0 Å². The van der Waals surface area contributed by atoms with E-state index in [1.54, 1.807) is 12.1 Å². The number of halogens is 1. The first kappa shape index (κ1) is 21.4. The summed E-state index contributed by atoms with van der Waals surface area (Å²) >= 11 is 0. The summed E-state index contributed by atoms with van der Waals surface area (Å²) in [7, 11) is -3.77. The standard InChI is InChI=1S/C21H26FN3O3S/c22-17-8-6-16(7-9-17)14-25(19-4-2-1-3-5-19)15-21(26)24-18-10-12-20(13-11-18)29(23,27)28/h6-13,19H,1-5,14-15H2,(H,24,26)(H2,23,27,28). The fourth-order valence-electron chi connectivity index (χ4n) is 3.70. The molecule has 1 fully saturated rings. The summed E-state index contributed by atoms with van der Waals surface area (Å²) < 4.78 is 35.9. The van der Waals surface area contributed by atoms with Crippen LogP contribution < -0.4 is 10.5 Å². The Labute approximate surface area is 171 Å². The molecule has 156 valence electrons.